The van der Waals surface area contributed by atoms with Crippen molar-refractivity contribution in [2.24, 2.45) is 0 Å². The summed E-state index contributed by atoms with van der Waals surface area (Å²) in [6.45, 7) is 0. The molecule has 0 aromatic rings. The first-order valence-electron chi connectivity index (χ1n) is 3.98. The van der Waals surface area contributed by atoms with Crippen LogP contribution in [0.5, 0.6) is 0 Å². The summed E-state index contributed by atoms with van der Waals surface area (Å²) in [5.41, 5.74) is 0. The van der Waals surface area contributed by atoms with Crippen LogP contribution in [0.25, 0.3) is 0 Å². The first kappa shape index (κ1) is 11.6. The van der Waals surface area contributed by atoms with Crippen LogP contribution in [0.15, 0.2) is 0 Å². The van der Waals surface area contributed by atoms with Gasteiger partial charge >= 0.3 is 5.97 Å². The first-order chi connectivity index (χ1) is 5.70. The van der Waals surface area contributed by atoms with E-state index in [2.05, 4.69) is 0 Å². The maximum absolute atomic E-state index is 10.1. The third kappa shape index (κ3) is 6.33. The van der Waals surface area contributed by atoms with E-state index in [1.807, 2.05) is 0 Å². The van der Waals surface area contributed by atoms with Gasteiger partial charge in [-0.2, -0.15) is 0 Å². The monoisotopic (exact) mass is 192 g/mol. The molecule has 4 nitrogen and oxygen atoms in total. The van der Waals surface area contributed by atoms with Crippen molar-refractivity contribution in [3.8, 4) is 0 Å². The Balaban J connectivity index is 3.23. The summed E-state index contributed by atoms with van der Waals surface area (Å²) in [6, 6.07) is 0.957. The van der Waals surface area contributed by atoms with E-state index in [9.17, 15) is 4.79 Å². The van der Waals surface area contributed by atoms with Gasteiger partial charge in [0.2, 0.25) is 0 Å². The Morgan fingerprint density at radius 3 is 2.50 bits per heavy atom. The van der Waals surface area contributed by atoms with E-state index in [0.29, 0.717) is 0 Å². The molecule has 12 heavy (non-hydrogen) atoms. The predicted octanol–water partition coefficient (Wildman–Crippen LogP) is 0.0147. The maximum atomic E-state index is 10.1. The van der Waals surface area contributed by atoms with Gasteiger partial charge in [0.25, 0.3) is 0 Å². The Morgan fingerprint density at radius 2 is 2.08 bits per heavy atom. The molecule has 0 fully saturated rings. The van der Waals surface area contributed by atoms with Crippen LogP contribution >= 0.6 is 0 Å². The number of hydrogen-bond donors (Lipinski definition) is 1. The summed E-state index contributed by atoms with van der Waals surface area (Å²) < 4.78 is 10.00. The molecular weight excluding hydrogens is 176 g/mol. The highest BCUT2D eigenvalue weighted by Gasteiger charge is 2.05. The van der Waals surface area contributed by atoms with Crippen LogP contribution in [0.4, 0.5) is 0 Å². The molecule has 0 rings (SSSR count). The molecule has 0 amide bonds. The third-order valence-corrected chi connectivity index (χ3v) is 3.65. The molecule has 1 N–H and O–H groups in total. The Kier molecular flexibility index (Phi) is 7.03. The van der Waals surface area contributed by atoms with Crippen LogP contribution in [-0.2, 0) is 14.3 Å². The highest BCUT2D eigenvalue weighted by atomic mass is 28.2. The second-order valence-corrected chi connectivity index (χ2v) is 4.49. The lowest BCUT2D eigenvalue weighted by atomic mass is 10.3. The summed E-state index contributed by atoms with van der Waals surface area (Å²) in [7, 11) is 2.79. The van der Waals surface area contributed by atoms with Crippen molar-refractivity contribution in [2.75, 3.05) is 14.2 Å². The Labute approximate surface area is 74.7 Å². The van der Waals surface area contributed by atoms with Gasteiger partial charge in [-0.3, -0.25) is 4.79 Å². The quantitative estimate of drug-likeness (QED) is 0.351. The minimum absolute atomic E-state index is 0.0567. The number of aliphatic carboxylic acids is 1. The fourth-order valence-electron chi connectivity index (χ4n) is 0.919. The van der Waals surface area contributed by atoms with Crippen LogP contribution in [0.1, 0.15) is 12.8 Å². The zero-order chi connectivity index (χ0) is 9.40. The van der Waals surface area contributed by atoms with Gasteiger partial charge in [0, 0.05) is 20.6 Å². The Morgan fingerprint density at radius 1 is 1.50 bits per heavy atom. The summed E-state index contributed by atoms with van der Waals surface area (Å²) in [6.07, 6.45) is 0.998. The van der Waals surface area contributed by atoms with Crippen molar-refractivity contribution in [3.05, 3.63) is 0 Å². The molecule has 0 bridgehead atoms. The van der Waals surface area contributed by atoms with Crippen LogP contribution in [0.2, 0.25) is 6.04 Å². The summed E-state index contributed by atoms with van der Waals surface area (Å²) >= 11 is 0. The molecule has 72 valence electrons. The zero-order valence-corrected chi connectivity index (χ0v) is 8.99. The second kappa shape index (κ2) is 7.27. The van der Waals surface area contributed by atoms with E-state index >= 15 is 0 Å². The smallest absolute Gasteiger partial charge is 0.303 e. The van der Waals surface area contributed by atoms with Crippen molar-refractivity contribution in [1.29, 1.82) is 0 Å². The lowest BCUT2D eigenvalue weighted by Crippen LogP contribution is -2.21. The summed E-state index contributed by atoms with van der Waals surface area (Å²) in [5, 5.41) is 8.35. The van der Waals surface area contributed by atoms with Crippen LogP contribution < -0.4 is 0 Å². The summed E-state index contributed by atoms with van der Waals surface area (Å²) in [5.74, 6) is -0.783. The number of hydrogen-bond acceptors (Lipinski definition) is 3. The molecular formula is C7H16O4Si. The molecule has 0 heterocycles. The topological polar surface area (TPSA) is 55.8 Å². The van der Waals surface area contributed by atoms with Crippen LogP contribution in [0, 0.1) is 0 Å². The standard InChI is InChI=1S/C7H16O4Si/c1-10-7(11-2)12-5-3-4-6(8)9/h7H,3-5,12H2,1-2H3,(H,8,9). The van der Waals surface area contributed by atoms with Crippen molar-refractivity contribution < 1.29 is 19.4 Å². The van der Waals surface area contributed by atoms with E-state index in [4.69, 9.17) is 14.6 Å². The molecule has 0 spiro atoms. The highest BCUT2D eigenvalue weighted by molar-refractivity contribution is 6.36. The molecule has 0 unspecified atom stereocenters. The molecule has 0 aliphatic heterocycles. The molecule has 0 atom stereocenters. The van der Waals surface area contributed by atoms with E-state index < -0.39 is 15.5 Å². The fraction of sp³-hybridized carbons (Fsp3) is 0.857. The molecule has 0 saturated heterocycles. The third-order valence-electron chi connectivity index (χ3n) is 1.61. The number of carboxylic acid groups (broad SMARTS) is 1. The minimum atomic E-state index is -0.726. The molecule has 0 aromatic heterocycles. The van der Waals surface area contributed by atoms with Crippen molar-refractivity contribution >= 4 is 15.5 Å². The SMILES string of the molecule is COC(OC)[SiH2]CCCC(=O)O. The molecule has 0 aliphatic rings. The minimum Gasteiger partial charge on any atom is -0.481 e. The van der Waals surface area contributed by atoms with Gasteiger partial charge in [0.1, 0.15) is 5.91 Å². The van der Waals surface area contributed by atoms with Gasteiger partial charge < -0.3 is 14.6 Å². The predicted molar refractivity (Wildman–Crippen MR) is 48.0 cm³/mol. The summed E-state index contributed by atoms with van der Waals surface area (Å²) in [4.78, 5) is 10.1. The average Bonchev–Trinajstić information content (AvgIpc) is 2.04. The van der Waals surface area contributed by atoms with Crippen molar-refractivity contribution in [3.63, 3.8) is 0 Å². The van der Waals surface area contributed by atoms with Gasteiger partial charge in [0.15, 0.2) is 0 Å². The van der Waals surface area contributed by atoms with Crippen LogP contribution in [0.3, 0.4) is 0 Å². The normalized spacial score (nSPS) is 11.6. The van der Waals surface area contributed by atoms with Gasteiger partial charge in [-0.15, -0.1) is 0 Å². The maximum Gasteiger partial charge on any atom is 0.303 e. The number of carboxylic acids is 1. The molecule has 0 radical (unpaired) electrons. The number of ether oxygens (including phenoxy) is 2. The van der Waals surface area contributed by atoms with E-state index in [1.165, 1.54) is 0 Å². The van der Waals surface area contributed by atoms with E-state index in [-0.39, 0.29) is 12.3 Å². The lowest BCUT2D eigenvalue weighted by Gasteiger charge is -2.11. The lowest BCUT2D eigenvalue weighted by molar-refractivity contribution is -0.137. The first-order valence-corrected chi connectivity index (χ1v) is 5.79. The van der Waals surface area contributed by atoms with Crippen molar-refractivity contribution in [2.45, 2.75) is 24.8 Å². The van der Waals surface area contributed by atoms with Gasteiger partial charge in [-0.1, -0.05) is 6.04 Å². The zero-order valence-electron chi connectivity index (χ0n) is 7.58. The van der Waals surface area contributed by atoms with Gasteiger partial charge in [-0.25, -0.2) is 0 Å². The van der Waals surface area contributed by atoms with Gasteiger partial charge in [-0.05, 0) is 6.42 Å². The van der Waals surface area contributed by atoms with Gasteiger partial charge in [0.05, 0.1) is 9.52 Å². The molecule has 0 saturated carbocycles. The number of methoxy groups -OCH3 is 2. The molecule has 5 heteroatoms. The van der Waals surface area contributed by atoms with Crippen LogP contribution in [-0.4, -0.2) is 40.7 Å². The number of carbonyl (C=O) groups is 1. The van der Waals surface area contributed by atoms with E-state index in [0.717, 1.165) is 12.5 Å². The van der Waals surface area contributed by atoms with Crippen molar-refractivity contribution in [1.82, 2.24) is 0 Å². The molecule has 0 aliphatic carbocycles. The average molecular weight is 192 g/mol. The largest absolute Gasteiger partial charge is 0.481 e. The second-order valence-electron chi connectivity index (χ2n) is 2.54. The fourth-order valence-corrected chi connectivity index (χ4v) is 2.26. The Bertz CT molecular complexity index is 125. The molecule has 0 aromatic carbocycles. The highest BCUT2D eigenvalue weighted by Crippen LogP contribution is 1.99. The van der Waals surface area contributed by atoms with E-state index in [1.54, 1.807) is 14.2 Å². The number of rotatable bonds is 7. The Hall–Kier alpha value is -0.393.